The second-order valence-corrected chi connectivity index (χ2v) is 7.61. The molecule has 0 unspecified atom stereocenters. The molecular formula is C24H26N4O. The fraction of sp³-hybridized carbons (Fsp3) is 0.292. The topological polar surface area (TPSA) is 58.1 Å². The summed E-state index contributed by atoms with van der Waals surface area (Å²) in [6, 6.07) is 22.4. The number of aryl methyl sites for hydroxylation is 1. The van der Waals surface area contributed by atoms with Crippen molar-refractivity contribution in [1.29, 1.82) is 0 Å². The largest absolute Gasteiger partial charge is 0.355 e. The third-order valence-electron chi connectivity index (χ3n) is 5.50. The average Bonchev–Trinajstić information content (AvgIpc) is 2.79. The molecule has 1 saturated heterocycles. The van der Waals surface area contributed by atoms with Crippen LogP contribution in [-0.4, -0.2) is 29.2 Å². The highest BCUT2D eigenvalue weighted by Gasteiger charge is 2.25. The summed E-state index contributed by atoms with van der Waals surface area (Å²) in [5.41, 5.74) is 4.31. The van der Waals surface area contributed by atoms with E-state index in [0.717, 1.165) is 48.6 Å². The van der Waals surface area contributed by atoms with Crippen LogP contribution in [0.2, 0.25) is 0 Å². The number of carbonyl (C=O) groups is 1. The molecule has 1 aromatic heterocycles. The van der Waals surface area contributed by atoms with Crippen molar-refractivity contribution in [1.82, 2.24) is 15.5 Å². The Morgan fingerprint density at radius 2 is 1.69 bits per heavy atom. The molecule has 3 aromatic rings. The Morgan fingerprint density at radius 1 is 0.966 bits per heavy atom. The SMILES string of the molecule is Cc1ccc(-c2ccc(N3CCC(C(=O)NCc4ccccc4)CC3)nn2)cc1. The second-order valence-electron chi connectivity index (χ2n) is 7.61. The lowest BCUT2D eigenvalue weighted by atomic mass is 9.96. The Labute approximate surface area is 171 Å². The van der Waals surface area contributed by atoms with Gasteiger partial charge in [-0.2, -0.15) is 0 Å². The molecular weight excluding hydrogens is 360 g/mol. The zero-order valence-corrected chi connectivity index (χ0v) is 16.7. The molecule has 5 nitrogen and oxygen atoms in total. The molecule has 0 aliphatic carbocycles. The Morgan fingerprint density at radius 3 is 2.34 bits per heavy atom. The molecule has 4 rings (SSSR count). The van der Waals surface area contributed by atoms with Crippen LogP contribution in [0.3, 0.4) is 0 Å². The maximum absolute atomic E-state index is 12.5. The first-order chi connectivity index (χ1) is 14.2. The Bertz CT molecular complexity index is 931. The molecule has 1 aliphatic rings. The Kier molecular flexibility index (Phi) is 5.84. The Balaban J connectivity index is 1.30. The molecule has 0 radical (unpaired) electrons. The molecule has 0 bridgehead atoms. The van der Waals surface area contributed by atoms with Gasteiger partial charge in [-0.1, -0.05) is 60.2 Å². The third kappa shape index (κ3) is 4.80. The zero-order chi connectivity index (χ0) is 20.1. The van der Waals surface area contributed by atoms with Crippen LogP contribution in [0.1, 0.15) is 24.0 Å². The molecule has 2 heterocycles. The van der Waals surface area contributed by atoms with E-state index >= 15 is 0 Å². The minimum atomic E-state index is 0.0646. The quantitative estimate of drug-likeness (QED) is 0.720. The van der Waals surface area contributed by atoms with Crippen LogP contribution in [0.15, 0.2) is 66.7 Å². The number of amides is 1. The van der Waals surface area contributed by atoms with Crippen LogP contribution >= 0.6 is 0 Å². The standard InChI is InChI=1S/C24H26N4O/c1-18-7-9-20(10-8-18)22-11-12-23(27-26-22)28-15-13-21(14-16-28)24(29)25-17-19-5-3-2-4-6-19/h2-12,21H,13-17H2,1H3,(H,25,29). The Hall–Kier alpha value is -3.21. The van der Waals surface area contributed by atoms with E-state index in [1.807, 2.05) is 42.5 Å². The van der Waals surface area contributed by atoms with Gasteiger partial charge in [-0.15, -0.1) is 10.2 Å². The van der Waals surface area contributed by atoms with Crippen molar-refractivity contribution in [2.75, 3.05) is 18.0 Å². The van der Waals surface area contributed by atoms with Crippen molar-refractivity contribution in [3.8, 4) is 11.3 Å². The molecule has 29 heavy (non-hydrogen) atoms. The molecule has 2 aromatic carbocycles. The van der Waals surface area contributed by atoms with Crippen LogP contribution in [0.25, 0.3) is 11.3 Å². The van der Waals surface area contributed by atoms with Gasteiger partial charge in [0.05, 0.1) is 5.69 Å². The molecule has 0 atom stereocenters. The fourth-order valence-corrected chi connectivity index (χ4v) is 3.67. The van der Waals surface area contributed by atoms with Crippen molar-refractivity contribution in [2.24, 2.45) is 5.92 Å². The number of hydrogen-bond acceptors (Lipinski definition) is 4. The van der Waals surface area contributed by atoms with Gasteiger partial charge in [-0.25, -0.2) is 0 Å². The van der Waals surface area contributed by atoms with Gasteiger partial charge in [0, 0.05) is 31.1 Å². The summed E-state index contributed by atoms with van der Waals surface area (Å²) < 4.78 is 0. The third-order valence-corrected chi connectivity index (χ3v) is 5.50. The lowest BCUT2D eigenvalue weighted by Crippen LogP contribution is -2.40. The minimum absolute atomic E-state index is 0.0646. The number of nitrogens with one attached hydrogen (secondary N) is 1. The fourth-order valence-electron chi connectivity index (χ4n) is 3.67. The number of aromatic nitrogens is 2. The number of anilines is 1. The molecule has 1 aliphatic heterocycles. The molecule has 1 amide bonds. The summed E-state index contributed by atoms with van der Waals surface area (Å²) in [5, 5.41) is 11.9. The zero-order valence-electron chi connectivity index (χ0n) is 16.7. The van der Waals surface area contributed by atoms with Gasteiger partial charge >= 0.3 is 0 Å². The van der Waals surface area contributed by atoms with E-state index in [-0.39, 0.29) is 11.8 Å². The van der Waals surface area contributed by atoms with Crippen LogP contribution in [-0.2, 0) is 11.3 Å². The predicted molar refractivity (Wildman–Crippen MR) is 115 cm³/mol. The maximum atomic E-state index is 12.5. The van der Waals surface area contributed by atoms with E-state index in [0.29, 0.717) is 6.54 Å². The highest BCUT2D eigenvalue weighted by Crippen LogP contribution is 2.23. The number of carbonyl (C=O) groups excluding carboxylic acids is 1. The molecule has 0 spiro atoms. The van der Waals surface area contributed by atoms with Crippen molar-refractivity contribution >= 4 is 11.7 Å². The summed E-state index contributed by atoms with van der Waals surface area (Å²) in [7, 11) is 0. The summed E-state index contributed by atoms with van der Waals surface area (Å²) in [5.74, 6) is 1.09. The summed E-state index contributed by atoms with van der Waals surface area (Å²) in [4.78, 5) is 14.7. The van der Waals surface area contributed by atoms with Crippen LogP contribution in [0.4, 0.5) is 5.82 Å². The second kappa shape index (κ2) is 8.86. The van der Waals surface area contributed by atoms with Crippen LogP contribution in [0.5, 0.6) is 0 Å². The van der Waals surface area contributed by atoms with E-state index in [9.17, 15) is 4.79 Å². The van der Waals surface area contributed by atoms with E-state index in [1.54, 1.807) is 0 Å². The summed E-state index contributed by atoms with van der Waals surface area (Å²) in [6.45, 7) is 4.31. The molecule has 1 fully saturated rings. The highest BCUT2D eigenvalue weighted by atomic mass is 16.1. The smallest absolute Gasteiger partial charge is 0.223 e. The van der Waals surface area contributed by atoms with Crippen molar-refractivity contribution in [2.45, 2.75) is 26.3 Å². The van der Waals surface area contributed by atoms with Crippen LogP contribution < -0.4 is 10.2 Å². The molecule has 0 saturated carbocycles. The van der Waals surface area contributed by atoms with Gasteiger partial charge < -0.3 is 10.2 Å². The number of benzene rings is 2. The van der Waals surface area contributed by atoms with E-state index in [4.69, 9.17) is 0 Å². The normalized spacial score (nSPS) is 14.6. The lowest BCUT2D eigenvalue weighted by Gasteiger charge is -2.31. The number of hydrogen-bond donors (Lipinski definition) is 1. The van der Waals surface area contributed by atoms with Gasteiger partial charge in [0.1, 0.15) is 0 Å². The molecule has 1 N–H and O–H groups in total. The highest BCUT2D eigenvalue weighted by molar-refractivity contribution is 5.79. The van der Waals surface area contributed by atoms with Gasteiger partial charge in [-0.05, 0) is 37.5 Å². The number of rotatable bonds is 5. The first kappa shape index (κ1) is 19.1. The lowest BCUT2D eigenvalue weighted by molar-refractivity contribution is -0.125. The maximum Gasteiger partial charge on any atom is 0.223 e. The number of piperidine rings is 1. The van der Waals surface area contributed by atoms with Crippen molar-refractivity contribution in [3.05, 3.63) is 77.9 Å². The first-order valence-electron chi connectivity index (χ1n) is 10.2. The van der Waals surface area contributed by atoms with Crippen molar-refractivity contribution in [3.63, 3.8) is 0 Å². The first-order valence-corrected chi connectivity index (χ1v) is 10.2. The predicted octanol–water partition coefficient (Wildman–Crippen LogP) is 3.98. The van der Waals surface area contributed by atoms with Gasteiger partial charge in [0.25, 0.3) is 0 Å². The number of nitrogens with zero attached hydrogens (tertiary/aromatic N) is 3. The average molecular weight is 386 g/mol. The molecule has 148 valence electrons. The molecule has 5 heteroatoms. The summed E-state index contributed by atoms with van der Waals surface area (Å²) in [6.07, 6.45) is 1.67. The van der Waals surface area contributed by atoms with E-state index < -0.39 is 0 Å². The minimum Gasteiger partial charge on any atom is -0.355 e. The van der Waals surface area contributed by atoms with E-state index in [2.05, 4.69) is 51.6 Å². The monoisotopic (exact) mass is 386 g/mol. The van der Waals surface area contributed by atoms with Gasteiger partial charge in [0.15, 0.2) is 5.82 Å². The van der Waals surface area contributed by atoms with Gasteiger partial charge in [-0.3, -0.25) is 4.79 Å². The van der Waals surface area contributed by atoms with Crippen molar-refractivity contribution < 1.29 is 4.79 Å². The summed E-state index contributed by atoms with van der Waals surface area (Å²) >= 11 is 0. The van der Waals surface area contributed by atoms with Crippen LogP contribution in [0, 0.1) is 12.8 Å². The van der Waals surface area contributed by atoms with E-state index in [1.165, 1.54) is 5.56 Å². The van der Waals surface area contributed by atoms with Gasteiger partial charge in [0.2, 0.25) is 5.91 Å².